The van der Waals surface area contributed by atoms with Crippen molar-refractivity contribution in [3.63, 3.8) is 0 Å². The first-order chi connectivity index (χ1) is 26.9. The first-order valence-electron chi connectivity index (χ1n) is 16.0. The first-order valence-corrected chi connectivity index (χ1v) is 20.3. The number of halogens is 3. The minimum atomic E-state index is -4.19. The van der Waals surface area contributed by atoms with Crippen LogP contribution in [0.1, 0.15) is 16.7 Å². The molecule has 0 fully saturated rings. The van der Waals surface area contributed by atoms with E-state index in [1.807, 2.05) is 0 Å². The van der Waals surface area contributed by atoms with E-state index >= 15 is 0 Å². The third kappa shape index (κ3) is 9.30. The normalized spacial score (nSPS) is 11.5. The van der Waals surface area contributed by atoms with Crippen LogP contribution in [0.15, 0.2) is 120 Å². The van der Waals surface area contributed by atoms with Gasteiger partial charge >= 0.3 is 17.1 Å². The number of benzene rings is 3. The van der Waals surface area contributed by atoms with Crippen molar-refractivity contribution in [2.75, 3.05) is 11.5 Å². The second-order valence-electron chi connectivity index (χ2n) is 12.0. The molecule has 0 atom stereocenters. The molecule has 3 aromatic heterocycles. The van der Waals surface area contributed by atoms with Gasteiger partial charge in [-0.15, -0.1) is 0 Å². The largest absolute Gasteiger partial charge is 0.381 e. The van der Waals surface area contributed by atoms with Crippen molar-refractivity contribution in [2.24, 2.45) is 7.05 Å². The lowest BCUT2D eigenvalue weighted by Gasteiger charge is -2.09. The van der Waals surface area contributed by atoms with Crippen LogP contribution in [0.5, 0.6) is 0 Å². The maximum atomic E-state index is 13.5. The Morgan fingerprint density at radius 3 is 1.10 bits per heavy atom. The molecule has 0 aliphatic rings. The lowest BCUT2D eigenvalue weighted by molar-refractivity contribution is 0.534. The number of nitrogen functional groups attached to an aromatic ring is 2. The molecule has 0 unspecified atom stereocenters. The highest BCUT2D eigenvalue weighted by Gasteiger charge is 2.23. The summed E-state index contributed by atoms with van der Waals surface area (Å²) in [5.74, 6) is -4.52. The molecule has 3 aromatic carbocycles. The lowest BCUT2D eigenvalue weighted by Crippen LogP contribution is -2.41. The quantitative estimate of drug-likeness (QED) is 0.214. The Bertz CT molecular complexity index is 2980. The Kier molecular flexibility index (Phi) is 12.8. The topological polar surface area (TPSA) is 275 Å². The molecular formula is C34H32F3N9O9S3. The zero-order valence-corrected chi connectivity index (χ0v) is 33.0. The van der Waals surface area contributed by atoms with Crippen LogP contribution in [0.3, 0.4) is 0 Å². The number of anilines is 2. The van der Waals surface area contributed by atoms with Gasteiger partial charge in [0, 0.05) is 7.05 Å². The molecular weight excluding hydrogens is 832 g/mol. The van der Waals surface area contributed by atoms with Gasteiger partial charge in [0.25, 0.3) is 30.1 Å². The van der Waals surface area contributed by atoms with Crippen molar-refractivity contribution in [1.82, 2.24) is 26.5 Å². The molecule has 6 rings (SSSR count). The van der Waals surface area contributed by atoms with Crippen molar-refractivity contribution in [1.29, 1.82) is 5.41 Å². The fourth-order valence-corrected chi connectivity index (χ4v) is 8.11. The summed E-state index contributed by atoms with van der Waals surface area (Å²) in [4.78, 5) is 40.7. The van der Waals surface area contributed by atoms with Crippen LogP contribution in [-0.4, -0.2) is 51.7 Å². The SMILES string of the molecule is Cc1ccc(S(=O)(=O)n2cc(F)c(=N)n(C)c2=O)cc1.Cc1ccc(S(=O)(=O)n2cc(F)c(N)nc2=O)cc1.Cc1ccc(S(=O)(=O)n2cc(F)c(N)nc2=O)cc1. The number of nitrogens with zero attached hydrogens (tertiary/aromatic N) is 6. The summed E-state index contributed by atoms with van der Waals surface area (Å²) in [5, 5.41) is 7.30. The van der Waals surface area contributed by atoms with Gasteiger partial charge in [-0.05, 0) is 57.2 Å². The van der Waals surface area contributed by atoms with Gasteiger partial charge < -0.3 is 11.5 Å². The van der Waals surface area contributed by atoms with Crippen molar-refractivity contribution < 1.29 is 38.4 Å². The molecule has 6 aromatic rings. The average molecular weight is 864 g/mol. The second kappa shape index (κ2) is 16.8. The number of aromatic nitrogens is 6. The third-order valence-corrected chi connectivity index (χ3v) is 12.7. The Balaban J connectivity index is 0.000000193. The molecule has 0 aliphatic heterocycles. The van der Waals surface area contributed by atoms with Gasteiger partial charge in [-0.3, -0.25) is 9.98 Å². The zero-order chi connectivity index (χ0) is 43.5. The van der Waals surface area contributed by atoms with E-state index in [9.17, 15) is 52.8 Å². The molecule has 18 nitrogen and oxygen atoms in total. The van der Waals surface area contributed by atoms with Gasteiger partial charge in [-0.25, -0.2) is 52.8 Å². The molecule has 0 aliphatic carbocycles. The number of hydrogen-bond donors (Lipinski definition) is 3. The van der Waals surface area contributed by atoms with Crippen LogP contribution < -0.4 is 34.0 Å². The molecule has 0 amide bonds. The Hall–Kier alpha value is -6.66. The van der Waals surface area contributed by atoms with Crippen molar-refractivity contribution in [3.05, 3.63) is 162 Å². The predicted octanol–water partition coefficient (Wildman–Crippen LogP) is 1.37. The highest BCUT2D eigenvalue weighted by atomic mass is 32.2. The van der Waals surface area contributed by atoms with Crippen molar-refractivity contribution in [2.45, 2.75) is 35.5 Å². The van der Waals surface area contributed by atoms with E-state index in [1.165, 1.54) is 36.4 Å². The van der Waals surface area contributed by atoms with E-state index in [0.717, 1.165) is 23.7 Å². The van der Waals surface area contributed by atoms with Crippen molar-refractivity contribution >= 4 is 41.7 Å². The lowest BCUT2D eigenvalue weighted by atomic mass is 10.2. The van der Waals surface area contributed by atoms with Gasteiger partial charge in [-0.1, -0.05) is 53.1 Å². The number of nitrogens with one attached hydrogen (secondary N) is 1. The Morgan fingerprint density at radius 1 is 0.517 bits per heavy atom. The number of hydrogen-bond acceptors (Lipinski definition) is 14. The molecule has 0 bridgehead atoms. The fourth-order valence-electron chi connectivity index (χ4n) is 4.47. The Morgan fingerprint density at radius 2 is 0.793 bits per heavy atom. The average Bonchev–Trinajstić information content (AvgIpc) is 3.16. The molecule has 3 heterocycles. The van der Waals surface area contributed by atoms with E-state index in [1.54, 1.807) is 57.2 Å². The number of aryl methyl sites for hydroxylation is 3. The molecule has 0 radical (unpaired) electrons. The van der Waals surface area contributed by atoms with Gasteiger partial charge in [0.15, 0.2) is 34.6 Å². The zero-order valence-electron chi connectivity index (χ0n) is 30.5. The Labute approximate surface area is 327 Å². The third-order valence-electron chi connectivity index (χ3n) is 7.76. The van der Waals surface area contributed by atoms with Crippen LogP contribution in [0.4, 0.5) is 24.8 Å². The predicted molar refractivity (Wildman–Crippen MR) is 203 cm³/mol. The summed E-state index contributed by atoms with van der Waals surface area (Å²) < 4.78 is 115. The maximum absolute atomic E-state index is 13.5. The monoisotopic (exact) mass is 863 g/mol. The summed E-state index contributed by atoms with van der Waals surface area (Å²) >= 11 is 0. The summed E-state index contributed by atoms with van der Waals surface area (Å²) in [7, 11) is -11.4. The number of rotatable bonds is 6. The first kappa shape index (κ1) is 44.1. The minimum Gasteiger partial charge on any atom is -0.381 e. The summed E-state index contributed by atoms with van der Waals surface area (Å²) in [6, 6.07) is 17.4. The van der Waals surface area contributed by atoms with Gasteiger partial charge in [0.05, 0.1) is 33.3 Å². The number of nitrogens with two attached hydrogens (primary N) is 2. The molecule has 58 heavy (non-hydrogen) atoms. The van der Waals surface area contributed by atoms with E-state index in [0.29, 0.717) is 27.1 Å². The molecule has 5 N–H and O–H groups in total. The maximum Gasteiger partial charge on any atom is 0.363 e. The van der Waals surface area contributed by atoms with Crippen LogP contribution in [0.25, 0.3) is 0 Å². The van der Waals surface area contributed by atoms with Crippen LogP contribution in [0.2, 0.25) is 0 Å². The molecule has 24 heteroatoms. The molecule has 306 valence electrons. The second-order valence-corrected chi connectivity index (χ2v) is 17.5. The minimum absolute atomic E-state index is 0.123. The standard InChI is InChI=1S/C12H12FN3O3S.2C11H10FN3O3S/c1-8-3-5-9(6-4-8)20(18,19)16-7-10(13)11(14)15(2)12(16)17;2*1-7-2-4-8(5-3-7)19(17,18)15-6-9(12)10(13)14-11(15)16/h3-7,14H,1-2H3;2*2-6H,1H3,(H2,13,14,16). The molecule has 0 saturated heterocycles. The highest BCUT2D eigenvalue weighted by molar-refractivity contribution is 7.90. The van der Waals surface area contributed by atoms with Crippen LogP contribution in [-0.2, 0) is 37.1 Å². The van der Waals surface area contributed by atoms with Gasteiger partial charge in [0.2, 0.25) is 0 Å². The fraction of sp³-hybridized carbons (Fsp3) is 0.118. The van der Waals surface area contributed by atoms with E-state index < -0.39 is 81.7 Å². The van der Waals surface area contributed by atoms with Crippen LogP contribution in [0, 0.1) is 43.6 Å². The van der Waals surface area contributed by atoms with E-state index in [4.69, 9.17) is 16.9 Å². The summed E-state index contributed by atoms with van der Waals surface area (Å²) in [5.41, 5.74) is 8.77. The molecule has 0 spiro atoms. The van der Waals surface area contributed by atoms with Crippen LogP contribution >= 0.6 is 0 Å². The highest BCUT2D eigenvalue weighted by Crippen LogP contribution is 2.16. The van der Waals surface area contributed by atoms with Gasteiger partial charge in [0.1, 0.15) is 0 Å². The van der Waals surface area contributed by atoms with E-state index in [2.05, 4.69) is 9.97 Å². The van der Waals surface area contributed by atoms with Crippen molar-refractivity contribution in [3.8, 4) is 0 Å². The van der Waals surface area contributed by atoms with Gasteiger partial charge in [-0.2, -0.15) is 21.9 Å². The summed E-state index contributed by atoms with van der Waals surface area (Å²) in [6.45, 7) is 5.36. The summed E-state index contributed by atoms with van der Waals surface area (Å²) in [6.07, 6.45) is 1.54. The van der Waals surface area contributed by atoms with E-state index in [-0.39, 0.29) is 22.6 Å². The smallest absolute Gasteiger partial charge is 0.363 e. The molecule has 0 saturated carbocycles.